The van der Waals surface area contributed by atoms with Crippen LogP contribution in [0.5, 0.6) is 11.5 Å². The highest BCUT2D eigenvalue weighted by atomic mass is 16.5. The Bertz CT molecular complexity index is 840. The quantitative estimate of drug-likeness (QED) is 0.677. The van der Waals surface area contributed by atoms with E-state index in [9.17, 15) is 14.4 Å². The van der Waals surface area contributed by atoms with Crippen LogP contribution in [0.25, 0.3) is 0 Å². The van der Waals surface area contributed by atoms with Crippen molar-refractivity contribution < 1.29 is 23.9 Å². The molecule has 0 radical (unpaired) electrons. The fraction of sp³-hybridized carbons (Fsp3) is 0.640. The van der Waals surface area contributed by atoms with Gasteiger partial charge in [-0.1, -0.05) is 6.92 Å². The van der Waals surface area contributed by atoms with E-state index < -0.39 is 0 Å². The maximum atomic E-state index is 13.1. The van der Waals surface area contributed by atoms with Gasteiger partial charge < -0.3 is 24.6 Å². The Labute approximate surface area is 196 Å². The smallest absolute Gasteiger partial charge is 0.258 e. The molecular formula is C25H37N3O5. The molecule has 1 aromatic carbocycles. The van der Waals surface area contributed by atoms with Gasteiger partial charge in [0, 0.05) is 43.7 Å². The van der Waals surface area contributed by atoms with Gasteiger partial charge in [0.05, 0.1) is 7.11 Å². The summed E-state index contributed by atoms with van der Waals surface area (Å²) in [4.78, 5) is 41.5. The summed E-state index contributed by atoms with van der Waals surface area (Å²) in [6, 6.07) is 5.02. The molecule has 182 valence electrons. The average Bonchev–Trinajstić information content (AvgIpc) is 2.82. The summed E-state index contributed by atoms with van der Waals surface area (Å²) in [6.45, 7) is 8.71. The molecule has 2 aliphatic rings. The molecule has 0 saturated carbocycles. The number of hydrogen-bond acceptors (Lipinski definition) is 5. The molecule has 33 heavy (non-hydrogen) atoms. The molecular weight excluding hydrogens is 422 g/mol. The molecule has 0 aliphatic carbocycles. The van der Waals surface area contributed by atoms with Gasteiger partial charge in [0.25, 0.3) is 11.8 Å². The number of piperidine rings is 2. The van der Waals surface area contributed by atoms with Gasteiger partial charge in [-0.05, 0) is 63.6 Å². The molecule has 1 aromatic rings. The van der Waals surface area contributed by atoms with Crippen molar-refractivity contribution >= 4 is 17.7 Å². The molecule has 3 amide bonds. The Hall–Kier alpha value is -2.77. The Morgan fingerprint density at radius 2 is 1.64 bits per heavy atom. The second-order valence-corrected chi connectivity index (χ2v) is 9.45. The maximum Gasteiger partial charge on any atom is 0.258 e. The van der Waals surface area contributed by atoms with Gasteiger partial charge in [0.2, 0.25) is 5.91 Å². The number of benzene rings is 1. The minimum Gasteiger partial charge on any atom is -0.493 e. The van der Waals surface area contributed by atoms with Crippen LogP contribution in [0.3, 0.4) is 0 Å². The van der Waals surface area contributed by atoms with Gasteiger partial charge in [-0.3, -0.25) is 14.4 Å². The molecule has 0 aromatic heterocycles. The lowest BCUT2D eigenvalue weighted by Crippen LogP contribution is -2.46. The van der Waals surface area contributed by atoms with Crippen LogP contribution in [0.4, 0.5) is 0 Å². The zero-order valence-corrected chi connectivity index (χ0v) is 20.3. The minimum absolute atomic E-state index is 0.00440. The number of rotatable bonds is 7. The Kier molecular flexibility index (Phi) is 8.58. The zero-order valence-electron chi connectivity index (χ0n) is 20.3. The van der Waals surface area contributed by atoms with E-state index in [1.807, 2.05) is 18.7 Å². The summed E-state index contributed by atoms with van der Waals surface area (Å²) in [6.07, 6.45) is 3.54. The van der Waals surface area contributed by atoms with Crippen LogP contribution < -0.4 is 14.8 Å². The molecule has 8 nitrogen and oxygen atoms in total. The van der Waals surface area contributed by atoms with E-state index in [-0.39, 0.29) is 36.3 Å². The largest absolute Gasteiger partial charge is 0.493 e. The first-order valence-electron chi connectivity index (χ1n) is 12.0. The van der Waals surface area contributed by atoms with Crippen molar-refractivity contribution in [1.29, 1.82) is 0 Å². The standard InChI is InChI=1S/C25H37N3O5/c1-17(2)26-23(29)16-33-21-6-5-20(15-22(21)32-4)25(31)28-13-9-19(10-14-28)24(30)27-11-7-18(3)8-12-27/h5-6,15,17-19H,7-14,16H2,1-4H3,(H,26,29). The Morgan fingerprint density at radius 1 is 1.00 bits per heavy atom. The molecule has 0 bridgehead atoms. The Balaban J connectivity index is 1.54. The van der Waals surface area contributed by atoms with Gasteiger partial charge in [0.15, 0.2) is 18.1 Å². The number of methoxy groups -OCH3 is 1. The highest BCUT2D eigenvalue weighted by molar-refractivity contribution is 5.95. The summed E-state index contributed by atoms with van der Waals surface area (Å²) in [7, 11) is 1.50. The first-order chi connectivity index (χ1) is 15.8. The highest BCUT2D eigenvalue weighted by Gasteiger charge is 2.32. The van der Waals surface area contributed by atoms with Gasteiger partial charge in [-0.25, -0.2) is 0 Å². The summed E-state index contributed by atoms with van der Waals surface area (Å²) in [5.74, 6) is 1.46. The molecule has 8 heteroatoms. The van der Waals surface area contributed by atoms with Crippen molar-refractivity contribution in [2.24, 2.45) is 11.8 Å². The van der Waals surface area contributed by atoms with Gasteiger partial charge in [-0.2, -0.15) is 0 Å². The fourth-order valence-electron chi connectivity index (χ4n) is 4.43. The summed E-state index contributed by atoms with van der Waals surface area (Å²) in [5, 5.41) is 2.76. The third kappa shape index (κ3) is 6.62. The fourth-order valence-corrected chi connectivity index (χ4v) is 4.43. The second kappa shape index (κ2) is 11.4. The number of amides is 3. The predicted octanol–water partition coefficient (Wildman–Crippen LogP) is 2.71. The molecule has 0 unspecified atom stereocenters. The average molecular weight is 460 g/mol. The zero-order chi connectivity index (χ0) is 24.0. The van der Waals surface area contributed by atoms with Crippen molar-refractivity contribution in [3.63, 3.8) is 0 Å². The second-order valence-electron chi connectivity index (χ2n) is 9.45. The lowest BCUT2D eigenvalue weighted by atomic mass is 9.92. The predicted molar refractivity (Wildman–Crippen MR) is 125 cm³/mol. The van der Waals surface area contributed by atoms with E-state index in [1.165, 1.54) is 7.11 Å². The van der Waals surface area contributed by atoms with Gasteiger partial charge >= 0.3 is 0 Å². The van der Waals surface area contributed by atoms with Crippen LogP contribution in [0.1, 0.15) is 56.8 Å². The van der Waals surface area contributed by atoms with Crippen LogP contribution >= 0.6 is 0 Å². The van der Waals surface area contributed by atoms with Crippen molar-refractivity contribution in [3.8, 4) is 11.5 Å². The number of ether oxygens (including phenoxy) is 2. The number of nitrogens with one attached hydrogen (secondary N) is 1. The van der Waals surface area contributed by atoms with Crippen LogP contribution in [0.15, 0.2) is 18.2 Å². The number of carbonyl (C=O) groups excluding carboxylic acids is 3. The molecule has 2 heterocycles. The number of nitrogens with zero attached hydrogens (tertiary/aromatic N) is 2. The van der Waals surface area contributed by atoms with Crippen LogP contribution in [-0.4, -0.2) is 73.5 Å². The molecule has 0 atom stereocenters. The van der Waals surface area contributed by atoms with E-state index >= 15 is 0 Å². The van der Waals surface area contributed by atoms with E-state index in [0.29, 0.717) is 48.9 Å². The molecule has 1 N–H and O–H groups in total. The van der Waals surface area contributed by atoms with E-state index in [0.717, 1.165) is 25.9 Å². The normalized spacial score (nSPS) is 17.7. The molecule has 2 aliphatic heterocycles. The number of hydrogen-bond donors (Lipinski definition) is 1. The molecule has 2 fully saturated rings. The number of carbonyl (C=O) groups is 3. The topological polar surface area (TPSA) is 88.2 Å². The first-order valence-corrected chi connectivity index (χ1v) is 12.0. The van der Waals surface area contributed by atoms with Crippen molar-refractivity contribution in [1.82, 2.24) is 15.1 Å². The summed E-state index contributed by atoms with van der Waals surface area (Å²) >= 11 is 0. The third-order valence-electron chi connectivity index (χ3n) is 6.45. The SMILES string of the molecule is COc1cc(C(=O)N2CCC(C(=O)N3CCC(C)CC3)CC2)ccc1OCC(=O)NC(C)C. The summed E-state index contributed by atoms with van der Waals surface area (Å²) < 4.78 is 11.0. The van der Waals surface area contributed by atoms with Crippen LogP contribution in [0.2, 0.25) is 0 Å². The third-order valence-corrected chi connectivity index (χ3v) is 6.45. The van der Waals surface area contributed by atoms with Crippen molar-refractivity contribution in [2.75, 3.05) is 39.9 Å². The van der Waals surface area contributed by atoms with E-state index in [2.05, 4.69) is 12.2 Å². The van der Waals surface area contributed by atoms with Crippen molar-refractivity contribution in [2.45, 2.75) is 52.5 Å². The van der Waals surface area contributed by atoms with E-state index in [1.54, 1.807) is 23.1 Å². The van der Waals surface area contributed by atoms with E-state index in [4.69, 9.17) is 9.47 Å². The van der Waals surface area contributed by atoms with Gasteiger partial charge in [-0.15, -0.1) is 0 Å². The molecule has 2 saturated heterocycles. The molecule has 3 rings (SSSR count). The first kappa shape index (κ1) is 24.9. The monoisotopic (exact) mass is 459 g/mol. The lowest BCUT2D eigenvalue weighted by molar-refractivity contribution is -0.138. The van der Waals surface area contributed by atoms with Gasteiger partial charge in [0.1, 0.15) is 0 Å². The lowest BCUT2D eigenvalue weighted by Gasteiger charge is -2.36. The van der Waals surface area contributed by atoms with Crippen LogP contribution in [0, 0.1) is 11.8 Å². The minimum atomic E-state index is -0.219. The van der Waals surface area contributed by atoms with Crippen LogP contribution in [-0.2, 0) is 9.59 Å². The van der Waals surface area contributed by atoms with Crippen molar-refractivity contribution in [3.05, 3.63) is 23.8 Å². The molecule has 0 spiro atoms. The number of likely N-dealkylation sites (tertiary alicyclic amines) is 2. The maximum absolute atomic E-state index is 13.1. The highest BCUT2D eigenvalue weighted by Crippen LogP contribution is 2.30. The summed E-state index contributed by atoms with van der Waals surface area (Å²) in [5.41, 5.74) is 0.501. The Morgan fingerprint density at radius 3 is 2.24 bits per heavy atom.